The van der Waals surface area contributed by atoms with Crippen molar-refractivity contribution < 1.29 is 14.4 Å². The van der Waals surface area contributed by atoms with Crippen LogP contribution < -0.4 is 16.0 Å². The largest absolute Gasteiger partial charge is 0.354 e. The van der Waals surface area contributed by atoms with Crippen molar-refractivity contribution in [2.45, 2.75) is 46.2 Å². The van der Waals surface area contributed by atoms with Gasteiger partial charge in [-0.25, -0.2) is 0 Å². The highest BCUT2D eigenvalue weighted by Crippen LogP contribution is 2.25. The van der Waals surface area contributed by atoms with E-state index in [0.29, 0.717) is 59.5 Å². The molecule has 2 amide bonds. The van der Waals surface area contributed by atoms with Crippen LogP contribution in [0.2, 0.25) is 0 Å². The third-order valence-electron chi connectivity index (χ3n) is 6.09. The molecule has 0 saturated heterocycles. The summed E-state index contributed by atoms with van der Waals surface area (Å²) in [4.78, 5) is 37.6. The normalized spacial score (nSPS) is 13.0. The van der Waals surface area contributed by atoms with Crippen molar-refractivity contribution in [3.63, 3.8) is 0 Å². The van der Waals surface area contributed by atoms with Gasteiger partial charge in [-0.3, -0.25) is 14.4 Å². The zero-order chi connectivity index (χ0) is 28.8. The Morgan fingerprint density at radius 2 is 1.85 bits per heavy atom. The molecule has 204 valence electrons. The molecule has 0 spiro atoms. The second kappa shape index (κ2) is 15.9. The smallest absolute Gasteiger partial charge is 0.251 e. The van der Waals surface area contributed by atoms with Crippen LogP contribution in [0.4, 0.5) is 0 Å². The van der Waals surface area contributed by atoms with E-state index in [0.717, 1.165) is 5.57 Å². The second-order valence-electron chi connectivity index (χ2n) is 9.72. The van der Waals surface area contributed by atoms with Crippen LogP contribution in [0.15, 0.2) is 78.9 Å². The number of carbonyl (C=O) groups is 3. The minimum atomic E-state index is -0.451. The molecular weight excluding hydrogens is 488 g/mol. The summed E-state index contributed by atoms with van der Waals surface area (Å²) < 4.78 is 0. The third-order valence-corrected chi connectivity index (χ3v) is 6.09. The van der Waals surface area contributed by atoms with Crippen LogP contribution >= 0.6 is 0 Å². The maximum Gasteiger partial charge on any atom is 0.251 e. The number of hydrogen-bond donors (Lipinski definition) is 3. The third kappa shape index (κ3) is 9.84. The monoisotopic (exact) mass is 526 g/mol. The topological polar surface area (TPSA) is 111 Å². The lowest BCUT2D eigenvalue weighted by Crippen LogP contribution is -2.49. The zero-order valence-corrected chi connectivity index (χ0v) is 23.2. The molecule has 0 saturated carbocycles. The molecule has 2 atom stereocenters. The highest BCUT2D eigenvalue weighted by atomic mass is 16.2. The summed E-state index contributed by atoms with van der Waals surface area (Å²) >= 11 is 0. The molecule has 0 radical (unpaired) electrons. The summed E-state index contributed by atoms with van der Waals surface area (Å²) in [5, 5.41) is 18.7. The molecule has 0 aliphatic rings. The molecule has 0 aromatic heterocycles. The SMILES string of the molecule is C=C/C=C\C(=C/C)C[C@@H](CN[C@@H](C)C(=O)NCC(C)C)NC(=O)c1cc(C=O)cc(-c2ccccc2C#N)c1. The predicted octanol–water partition coefficient (Wildman–Crippen LogP) is 4.97. The Bertz CT molecular complexity index is 1270. The Morgan fingerprint density at radius 3 is 2.49 bits per heavy atom. The van der Waals surface area contributed by atoms with Crippen LogP contribution in [0.25, 0.3) is 11.1 Å². The van der Waals surface area contributed by atoms with Gasteiger partial charge in [-0.2, -0.15) is 5.26 Å². The molecule has 0 aliphatic carbocycles. The van der Waals surface area contributed by atoms with Crippen LogP contribution in [0.5, 0.6) is 0 Å². The van der Waals surface area contributed by atoms with Gasteiger partial charge in [0.15, 0.2) is 0 Å². The summed E-state index contributed by atoms with van der Waals surface area (Å²) in [6.07, 6.45) is 8.59. The Labute approximate surface area is 231 Å². The minimum Gasteiger partial charge on any atom is -0.354 e. The van der Waals surface area contributed by atoms with Crippen LogP contribution in [0.1, 0.15) is 60.4 Å². The molecule has 3 N–H and O–H groups in total. The lowest BCUT2D eigenvalue weighted by atomic mass is 9.96. The fourth-order valence-corrected chi connectivity index (χ4v) is 3.91. The van der Waals surface area contributed by atoms with Gasteiger partial charge < -0.3 is 16.0 Å². The highest BCUT2D eigenvalue weighted by molar-refractivity contribution is 5.98. The summed E-state index contributed by atoms with van der Waals surface area (Å²) in [5.74, 6) is -0.124. The Hall–Kier alpha value is -4.28. The number of hydrogen-bond acceptors (Lipinski definition) is 5. The second-order valence-corrected chi connectivity index (χ2v) is 9.72. The van der Waals surface area contributed by atoms with E-state index in [-0.39, 0.29) is 17.9 Å². The van der Waals surface area contributed by atoms with E-state index >= 15 is 0 Å². The van der Waals surface area contributed by atoms with Crippen LogP contribution in [-0.4, -0.2) is 43.3 Å². The van der Waals surface area contributed by atoms with E-state index in [1.54, 1.807) is 49.4 Å². The summed E-state index contributed by atoms with van der Waals surface area (Å²) in [6, 6.07) is 13.3. The number of nitriles is 1. The standard InChI is InChI=1S/C32H38N4O3/c1-6-8-11-24(7-2)16-29(20-34-23(5)31(38)35-19-22(3)4)36-32(39)28-15-25(21-37)14-27(17-28)30-13-10-9-12-26(30)18-33/h6-15,17,21-23,29,34H,1,16,19-20H2,2-5H3,(H,35,38)(H,36,39)/b11-8-,24-7+/t23-,29-/m0/s1. The number of nitrogens with zero attached hydrogens (tertiary/aromatic N) is 1. The van der Waals surface area contributed by atoms with Crippen LogP contribution in [-0.2, 0) is 4.79 Å². The molecule has 2 aromatic rings. The maximum absolute atomic E-state index is 13.4. The number of amides is 2. The van der Waals surface area contributed by atoms with Crippen LogP contribution in [0, 0.1) is 17.2 Å². The van der Waals surface area contributed by atoms with Gasteiger partial charge in [0.1, 0.15) is 6.29 Å². The first-order valence-electron chi connectivity index (χ1n) is 13.1. The van der Waals surface area contributed by atoms with Gasteiger partial charge in [0, 0.05) is 30.3 Å². The van der Waals surface area contributed by atoms with Gasteiger partial charge in [0.2, 0.25) is 5.91 Å². The van der Waals surface area contributed by atoms with Crippen molar-refractivity contribution in [1.82, 2.24) is 16.0 Å². The minimum absolute atomic E-state index is 0.105. The Kier molecular flexibility index (Phi) is 12.6. The molecule has 2 aromatic carbocycles. The predicted molar refractivity (Wildman–Crippen MR) is 156 cm³/mol. The van der Waals surface area contributed by atoms with E-state index in [4.69, 9.17) is 0 Å². The lowest BCUT2D eigenvalue weighted by Gasteiger charge is -2.23. The molecule has 7 nitrogen and oxygen atoms in total. The van der Waals surface area contributed by atoms with E-state index < -0.39 is 6.04 Å². The number of rotatable bonds is 14. The fourth-order valence-electron chi connectivity index (χ4n) is 3.91. The lowest BCUT2D eigenvalue weighted by molar-refractivity contribution is -0.122. The van der Waals surface area contributed by atoms with Crippen molar-refractivity contribution in [2.75, 3.05) is 13.1 Å². The molecule has 0 bridgehead atoms. The molecular formula is C32H38N4O3. The first kappa shape index (κ1) is 30.9. The zero-order valence-electron chi connectivity index (χ0n) is 23.2. The van der Waals surface area contributed by atoms with Gasteiger partial charge in [-0.1, -0.05) is 68.5 Å². The number of carbonyl (C=O) groups excluding carboxylic acids is 3. The van der Waals surface area contributed by atoms with Crippen molar-refractivity contribution in [3.05, 3.63) is 95.6 Å². The van der Waals surface area contributed by atoms with Crippen molar-refractivity contribution in [1.29, 1.82) is 5.26 Å². The molecule has 0 aliphatic heterocycles. The fraction of sp³-hybridized carbons (Fsp3) is 0.312. The summed E-state index contributed by atoms with van der Waals surface area (Å²) in [6.45, 7) is 12.4. The highest BCUT2D eigenvalue weighted by Gasteiger charge is 2.20. The molecule has 0 heterocycles. The van der Waals surface area contributed by atoms with Crippen molar-refractivity contribution in [2.24, 2.45) is 5.92 Å². The average molecular weight is 527 g/mol. The molecule has 39 heavy (non-hydrogen) atoms. The van der Waals surface area contributed by atoms with Crippen molar-refractivity contribution >= 4 is 18.1 Å². The first-order chi connectivity index (χ1) is 18.7. The van der Waals surface area contributed by atoms with E-state index in [1.165, 1.54) is 6.07 Å². The van der Waals surface area contributed by atoms with Gasteiger partial charge in [-0.15, -0.1) is 0 Å². The van der Waals surface area contributed by atoms with Gasteiger partial charge in [0.25, 0.3) is 5.91 Å². The molecule has 0 fully saturated rings. The quantitative estimate of drug-likeness (QED) is 0.238. The number of aldehydes is 1. The van der Waals surface area contributed by atoms with Gasteiger partial charge in [-0.05, 0) is 61.6 Å². The maximum atomic E-state index is 13.4. The molecule has 7 heteroatoms. The van der Waals surface area contributed by atoms with E-state index in [2.05, 4.69) is 28.6 Å². The van der Waals surface area contributed by atoms with E-state index in [9.17, 15) is 19.6 Å². The summed E-state index contributed by atoms with van der Waals surface area (Å²) in [7, 11) is 0. The number of benzene rings is 2. The van der Waals surface area contributed by atoms with E-state index in [1.807, 2.05) is 39.0 Å². The number of nitrogens with one attached hydrogen (secondary N) is 3. The first-order valence-corrected chi connectivity index (χ1v) is 13.1. The Morgan fingerprint density at radius 1 is 1.10 bits per heavy atom. The van der Waals surface area contributed by atoms with Gasteiger partial charge >= 0.3 is 0 Å². The Balaban J connectivity index is 2.31. The number of allylic oxidation sites excluding steroid dienone is 4. The molecule has 2 rings (SSSR count). The van der Waals surface area contributed by atoms with Crippen LogP contribution in [0.3, 0.4) is 0 Å². The van der Waals surface area contributed by atoms with Crippen molar-refractivity contribution in [3.8, 4) is 17.2 Å². The summed E-state index contributed by atoms with van der Waals surface area (Å²) in [5.41, 5.74) is 3.32. The van der Waals surface area contributed by atoms with Gasteiger partial charge in [0.05, 0.1) is 17.7 Å². The molecule has 0 unspecified atom stereocenters. The average Bonchev–Trinajstić information content (AvgIpc) is 2.95.